The summed E-state index contributed by atoms with van der Waals surface area (Å²) in [6.07, 6.45) is -0.159. The van der Waals surface area contributed by atoms with Crippen molar-refractivity contribution in [1.82, 2.24) is 4.90 Å². The maximum Gasteiger partial charge on any atom is 0.414 e. The molecule has 9 heteroatoms. The second-order valence-corrected chi connectivity index (χ2v) is 8.05. The topological polar surface area (TPSA) is 97.2 Å². The molecule has 2 aliphatic heterocycles. The smallest absolute Gasteiger partial charge is 0.414 e. The second-order valence-electron chi connectivity index (χ2n) is 8.05. The van der Waals surface area contributed by atoms with Crippen molar-refractivity contribution in [3.63, 3.8) is 0 Å². The molecule has 0 spiro atoms. The van der Waals surface area contributed by atoms with Gasteiger partial charge in [0.25, 0.3) is 5.69 Å². The number of nitrogens with zero attached hydrogens (tertiary/aromatic N) is 3. The fourth-order valence-electron chi connectivity index (χ4n) is 3.71. The highest BCUT2D eigenvalue weighted by Gasteiger charge is 2.34. The Hall–Kier alpha value is -2.39. The average molecular weight is 392 g/mol. The number of carbonyl (C=O) groups is 1. The van der Waals surface area contributed by atoms with Gasteiger partial charge in [0.1, 0.15) is 6.61 Å². The van der Waals surface area contributed by atoms with Crippen LogP contribution in [0.5, 0.6) is 0 Å². The van der Waals surface area contributed by atoms with Crippen LogP contribution in [-0.2, 0) is 9.47 Å². The maximum atomic E-state index is 12.0. The summed E-state index contributed by atoms with van der Waals surface area (Å²) in [5, 5.41) is 14.6. The van der Waals surface area contributed by atoms with Gasteiger partial charge in [0.2, 0.25) is 0 Å². The van der Waals surface area contributed by atoms with Crippen LogP contribution < -0.4 is 10.2 Å². The molecule has 1 N–H and O–H groups in total. The van der Waals surface area contributed by atoms with Gasteiger partial charge in [0.05, 0.1) is 35.1 Å². The number of rotatable bonds is 6. The summed E-state index contributed by atoms with van der Waals surface area (Å²) >= 11 is 0. The first-order valence-corrected chi connectivity index (χ1v) is 9.54. The van der Waals surface area contributed by atoms with E-state index in [0.29, 0.717) is 24.5 Å². The summed E-state index contributed by atoms with van der Waals surface area (Å²) in [5.41, 5.74) is 0.912. The molecule has 9 nitrogen and oxygen atoms in total. The van der Waals surface area contributed by atoms with Crippen LogP contribution >= 0.6 is 0 Å². The zero-order valence-corrected chi connectivity index (χ0v) is 16.8. The van der Waals surface area contributed by atoms with Crippen molar-refractivity contribution in [1.29, 1.82) is 0 Å². The largest absolute Gasteiger partial charge is 0.447 e. The van der Waals surface area contributed by atoms with Gasteiger partial charge in [-0.25, -0.2) is 4.79 Å². The molecular weight excluding hydrogens is 364 g/mol. The highest BCUT2D eigenvalue weighted by Crippen LogP contribution is 2.33. The number of benzene rings is 1. The standard InChI is InChI=1S/C19H28N4O5/c1-13-10-21(11-14(2)28-13)19(3,4)12-20-16-6-5-15(23(25)26)9-17(16)22-7-8-27-18(22)24/h5-6,9,13-14,20H,7-8,10-12H2,1-4H3. The molecule has 28 heavy (non-hydrogen) atoms. The lowest BCUT2D eigenvalue weighted by atomic mass is 9.99. The van der Waals surface area contributed by atoms with Gasteiger partial charge in [-0.05, 0) is 33.8 Å². The Kier molecular flexibility index (Phi) is 5.76. The van der Waals surface area contributed by atoms with Crippen LogP contribution in [0.25, 0.3) is 0 Å². The first-order valence-electron chi connectivity index (χ1n) is 9.54. The number of hydrogen-bond acceptors (Lipinski definition) is 7. The molecule has 1 amide bonds. The van der Waals surface area contributed by atoms with E-state index in [9.17, 15) is 14.9 Å². The van der Waals surface area contributed by atoms with E-state index in [1.807, 2.05) is 0 Å². The Morgan fingerprint density at radius 1 is 1.29 bits per heavy atom. The van der Waals surface area contributed by atoms with Crippen molar-refractivity contribution in [3.8, 4) is 0 Å². The van der Waals surface area contributed by atoms with Crippen molar-refractivity contribution < 1.29 is 19.2 Å². The number of amides is 1. The van der Waals surface area contributed by atoms with Crippen molar-refractivity contribution in [2.75, 3.05) is 43.0 Å². The first kappa shape index (κ1) is 20.3. The van der Waals surface area contributed by atoms with Gasteiger partial charge in [0.15, 0.2) is 0 Å². The van der Waals surface area contributed by atoms with E-state index in [2.05, 4.69) is 37.9 Å². The number of cyclic esters (lactones) is 1. The van der Waals surface area contributed by atoms with Gasteiger partial charge >= 0.3 is 6.09 Å². The summed E-state index contributed by atoms with van der Waals surface area (Å²) in [6, 6.07) is 4.51. The van der Waals surface area contributed by atoms with Crippen LogP contribution in [-0.4, -0.2) is 66.4 Å². The van der Waals surface area contributed by atoms with Crippen LogP contribution in [0.3, 0.4) is 0 Å². The molecule has 0 bridgehead atoms. The number of anilines is 2. The van der Waals surface area contributed by atoms with E-state index in [1.165, 1.54) is 17.0 Å². The van der Waals surface area contributed by atoms with E-state index in [0.717, 1.165) is 13.1 Å². The van der Waals surface area contributed by atoms with Crippen LogP contribution in [0.1, 0.15) is 27.7 Å². The van der Waals surface area contributed by atoms with Gasteiger partial charge in [-0.15, -0.1) is 0 Å². The molecule has 2 aliphatic rings. The molecule has 154 valence electrons. The molecule has 0 aliphatic carbocycles. The summed E-state index contributed by atoms with van der Waals surface area (Å²) in [4.78, 5) is 26.5. The highest BCUT2D eigenvalue weighted by atomic mass is 16.6. The third kappa shape index (κ3) is 4.36. The summed E-state index contributed by atoms with van der Waals surface area (Å²) in [6.45, 7) is 11.4. The van der Waals surface area contributed by atoms with Gasteiger partial charge in [0, 0.05) is 37.3 Å². The lowest BCUT2D eigenvalue weighted by Gasteiger charge is -2.45. The monoisotopic (exact) mass is 392 g/mol. The lowest BCUT2D eigenvalue weighted by Crippen LogP contribution is -2.57. The minimum Gasteiger partial charge on any atom is -0.447 e. The minimum absolute atomic E-state index is 0.0599. The molecule has 1 aromatic rings. The number of nitrogens with one attached hydrogen (secondary N) is 1. The number of morpholine rings is 1. The molecular formula is C19H28N4O5. The third-order valence-corrected chi connectivity index (χ3v) is 5.23. The normalized spacial score (nSPS) is 23.6. The average Bonchev–Trinajstić information content (AvgIpc) is 3.05. The molecule has 2 unspecified atom stereocenters. The zero-order valence-electron chi connectivity index (χ0n) is 16.8. The quantitative estimate of drug-likeness (QED) is 0.587. The van der Waals surface area contributed by atoms with Gasteiger partial charge in [-0.1, -0.05) is 0 Å². The number of nitro benzene ring substituents is 1. The molecule has 0 radical (unpaired) electrons. The number of carbonyl (C=O) groups excluding carboxylic acids is 1. The number of hydrogen-bond donors (Lipinski definition) is 1. The Morgan fingerprint density at radius 3 is 2.54 bits per heavy atom. The fourth-order valence-corrected chi connectivity index (χ4v) is 3.71. The van der Waals surface area contributed by atoms with Crippen LogP contribution in [0, 0.1) is 10.1 Å². The predicted molar refractivity (Wildman–Crippen MR) is 106 cm³/mol. The van der Waals surface area contributed by atoms with E-state index >= 15 is 0 Å². The molecule has 1 aromatic carbocycles. The molecule has 0 aromatic heterocycles. The molecule has 2 heterocycles. The lowest BCUT2D eigenvalue weighted by molar-refractivity contribution is -0.384. The van der Waals surface area contributed by atoms with Gasteiger partial charge in [-0.2, -0.15) is 0 Å². The second kappa shape index (κ2) is 7.92. The highest BCUT2D eigenvalue weighted by molar-refractivity contribution is 5.94. The van der Waals surface area contributed by atoms with E-state index in [1.54, 1.807) is 6.07 Å². The van der Waals surface area contributed by atoms with Crippen LogP contribution in [0.2, 0.25) is 0 Å². The summed E-state index contributed by atoms with van der Waals surface area (Å²) in [7, 11) is 0. The summed E-state index contributed by atoms with van der Waals surface area (Å²) in [5.74, 6) is 0. The van der Waals surface area contributed by atoms with Crippen molar-refractivity contribution >= 4 is 23.2 Å². The first-order chi connectivity index (χ1) is 13.2. The molecule has 3 rings (SSSR count). The SMILES string of the molecule is CC1CN(C(C)(C)CNc2ccc([N+](=O)[O-])cc2N2CCOC2=O)CC(C)O1. The third-order valence-electron chi connectivity index (χ3n) is 5.23. The molecule has 0 saturated carbocycles. The van der Waals surface area contributed by atoms with Gasteiger partial charge < -0.3 is 14.8 Å². The minimum atomic E-state index is -0.487. The van der Waals surface area contributed by atoms with E-state index < -0.39 is 11.0 Å². The molecule has 2 fully saturated rings. The fraction of sp³-hybridized carbons (Fsp3) is 0.632. The van der Waals surface area contributed by atoms with Crippen molar-refractivity contribution in [3.05, 3.63) is 28.3 Å². The Morgan fingerprint density at radius 2 is 1.96 bits per heavy atom. The van der Waals surface area contributed by atoms with Crippen molar-refractivity contribution in [2.45, 2.75) is 45.4 Å². The number of nitro groups is 1. The summed E-state index contributed by atoms with van der Waals surface area (Å²) < 4.78 is 10.8. The molecule has 2 saturated heterocycles. The molecule has 2 atom stereocenters. The van der Waals surface area contributed by atoms with E-state index in [-0.39, 0.29) is 30.0 Å². The Bertz CT molecular complexity index is 744. The number of ether oxygens (including phenoxy) is 2. The van der Waals surface area contributed by atoms with E-state index in [4.69, 9.17) is 9.47 Å². The Labute approximate surface area is 164 Å². The zero-order chi connectivity index (χ0) is 20.5. The predicted octanol–water partition coefficient (Wildman–Crippen LogP) is 2.85. The Balaban J connectivity index is 1.79. The van der Waals surface area contributed by atoms with Gasteiger partial charge in [-0.3, -0.25) is 19.9 Å². The van der Waals surface area contributed by atoms with Crippen LogP contribution in [0.4, 0.5) is 21.9 Å². The number of non-ortho nitro benzene ring substituents is 1. The maximum absolute atomic E-state index is 12.0. The van der Waals surface area contributed by atoms with Crippen molar-refractivity contribution in [2.24, 2.45) is 0 Å². The van der Waals surface area contributed by atoms with Crippen LogP contribution in [0.15, 0.2) is 18.2 Å².